The molecule has 16 heavy (non-hydrogen) atoms. The lowest BCUT2D eigenvalue weighted by Gasteiger charge is -2.18. The number of fused-ring (bicyclic) bond motifs is 1. The topological polar surface area (TPSA) is 86.7 Å². The first kappa shape index (κ1) is 11.1. The Morgan fingerprint density at radius 2 is 2.25 bits per heavy atom. The highest BCUT2D eigenvalue weighted by Gasteiger charge is 2.14. The van der Waals surface area contributed by atoms with E-state index in [9.17, 15) is 5.11 Å². The van der Waals surface area contributed by atoms with Gasteiger partial charge in [-0.25, -0.2) is 4.98 Å². The van der Waals surface area contributed by atoms with E-state index in [0.29, 0.717) is 23.5 Å². The lowest BCUT2D eigenvalue weighted by molar-refractivity contribution is 0.0944. The lowest BCUT2D eigenvalue weighted by Crippen LogP contribution is -2.29. The van der Waals surface area contributed by atoms with E-state index in [2.05, 4.69) is 25.3 Å². The van der Waals surface area contributed by atoms with E-state index in [1.165, 1.54) is 6.33 Å². The monoisotopic (exact) mass is 241 g/mol. The maximum absolute atomic E-state index is 9.61. The SMILES string of the molecule is CC(C)(O)CNc1nc(Cl)nc2nc[nH]c12. The van der Waals surface area contributed by atoms with Crippen molar-refractivity contribution >= 4 is 28.6 Å². The minimum atomic E-state index is -0.830. The molecule has 0 aliphatic rings. The second-order valence-corrected chi connectivity index (χ2v) is 4.45. The number of rotatable bonds is 3. The Kier molecular flexibility index (Phi) is 2.69. The highest BCUT2D eigenvalue weighted by atomic mass is 35.5. The average Bonchev–Trinajstić information content (AvgIpc) is 2.60. The van der Waals surface area contributed by atoms with Crippen molar-refractivity contribution in [1.82, 2.24) is 19.9 Å². The fourth-order valence-electron chi connectivity index (χ4n) is 1.23. The van der Waals surface area contributed by atoms with E-state index in [1.54, 1.807) is 13.8 Å². The van der Waals surface area contributed by atoms with Gasteiger partial charge in [-0.15, -0.1) is 0 Å². The molecule has 0 saturated carbocycles. The summed E-state index contributed by atoms with van der Waals surface area (Å²) in [5, 5.41) is 12.7. The third kappa shape index (κ3) is 2.40. The Balaban J connectivity index is 2.32. The van der Waals surface area contributed by atoms with Crippen LogP contribution in [0, 0.1) is 0 Å². The smallest absolute Gasteiger partial charge is 0.226 e. The summed E-state index contributed by atoms with van der Waals surface area (Å²) in [6.45, 7) is 3.76. The van der Waals surface area contributed by atoms with Gasteiger partial charge in [0.1, 0.15) is 5.52 Å². The average molecular weight is 242 g/mol. The maximum Gasteiger partial charge on any atom is 0.226 e. The van der Waals surface area contributed by atoms with Crippen molar-refractivity contribution in [3.8, 4) is 0 Å². The van der Waals surface area contributed by atoms with Crippen LogP contribution in [0.2, 0.25) is 5.28 Å². The van der Waals surface area contributed by atoms with Gasteiger partial charge in [0.2, 0.25) is 5.28 Å². The Labute approximate surface area is 97.1 Å². The zero-order valence-electron chi connectivity index (χ0n) is 8.95. The molecule has 0 radical (unpaired) electrons. The largest absolute Gasteiger partial charge is 0.389 e. The number of hydrogen-bond acceptors (Lipinski definition) is 5. The number of halogens is 1. The van der Waals surface area contributed by atoms with Crippen molar-refractivity contribution in [3.63, 3.8) is 0 Å². The molecule has 0 aliphatic carbocycles. The summed E-state index contributed by atoms with van der Waals surface area (Å²) in [6.07, 6.45) is 1.52. The van der Waals surface area contributed by atoms with Crippen LogP contribution in [0.1, 0.15) is 13.8 Å². The molecule has 0 atom stereocenters. The van der Waals surface area contributed by atoms with Gasteiger partial charge in [-0.3, -0.25) is 0 Å². The first-order valence-corrected chi connectivity index (χ1v) is 5.16. The number of aromatic amines is 1. The Bertz CT molecular complexity index is 504. The second kappa shape index (κ2) is 3.88. The summed E-state index contributed by atoms with van der Waals surface area (Å²) < 4.78 is 0. The molecule has 0 unspecified atom stereocenters. The standard InChI is InChI=1S/C9H12ClN5O/c1-9(2,16)3-11-6-5-7(13-4-12-5)15-8(10)14-6/h4,16H,3H2,1-2H3,(H2,11,12,13,14,15). The number of aromatic nitrogens is 4. The van der Waals surface area contributed by atoms with Crippen LogP contribution in [0.3, 0.4) is 0 Å². The van der Waals surface area contributed by atoms with Crippen molar-refractivity contribution in [2.45, 2.75) is 19.4 Å². The predicted octanol–water partition coefficient (Wildman–Crippen LogP) is 1.19. The molecule has 6 nitrogen and oxygen atoms in total. The molecule has 0 saturated heterocycles. The Morgan fingerprint density at radius 1 is 1.50 bits per heavy atom. The summed E-state index contributed by atoms with van der Waals surface area (Å²) >= 11 is 5.75. The van der Waals surface area contributed by atoms with Gasteiger partial charge in [0.25, 0.3) is 0 Å². The molecule has 2 rings (SSSR count). The normalized spacial score (nSPS) is 12.0. The van der Waals surface area contributed by atoms with Crippen LogP contribution in [0.25, 0.3) is 11.2 Å². The van der Waals surface area contributed by atoms with Gasteiger partial charge < -0.3 is 15.4 Å². The van der Waals surface area contributed by atoms with Crippen molar-refractivity contribution in [3.05, 3.63) is 11.6 Å². The van der Waals surface area contributed by atoms with Crippen LogP contribution < -0.4 is 5.32 Å². The van der Waals surface area contributed by atoms with E-state index in [4.69, 9.17) is 11.6 Å². The third-order valence-corrected chi connectivity index (χ3v) is 2.12. The molecule has 2 aromatic rings. The molecule has 0 fully saturated rings. The highest BCUT2D eigenvalue weighted by molar-refractivity contribution is 6.28. The van der Waals surface area contributed by atoms with Gasteiger partial charge in [-0.2, -0.15) is 9.97 Å². The first-order chi connectivity index (χ1) is 7.46. The summed E-state index contributed by atoms with van der Waals surface area (Å²) in [7, 11) is 0. The molecule has 86 valence electrons. The van der Waals surface area contributed by atoms with Crippen molar-refractivity contribution in [2.75, 3.05) is 11.9 Å². The van der Waals surface area contributed by atoms with Gasteiger partial charge in [-0.1, -0.05) is 0 Å². The fourth-order valence-corrected chi connectivity index (χ4v) is 1.40. The number of H-pyrrole nitrogens is 1. The zero-order chi connectivity index (χ0) is 11.8. The number of nitrogens with one attached hydrogen (secondary N) is 2. The molecule has 7 heteroatoms. The number of nitrogens with zero attached hydrogens (tertiary/aromatic N) is 3. The van der Waals surface area contributed by atoms with Gasteiger partial charge in [0, 0.05) is 6.54 Å². The van der Waals surface area contributed by atoms with Crippen molar-refractivity contribution in [1.29, 1.82) is 0 Å². The predicted molar refractivity (Wildman–Crippen MR) is 61.5 cm³/mol. The van der Waals surface area contributed by atoms with Crippen molar-refractivity contribution < 1.29 is 5.11 Å². The number of hydrogen-bond donors (Lipinski definition) is 3. The summed E-state index contributed by atoms with van der Waals surface area (Å²) in [4.78, 5) is 14.9. The second-order valence-electron chi connectivity index (χ2n) is 4.11. The van der Waals surface area contributed by atoms with Crippen LogP contribution in [0.5, 0.6) is 0 Å². The van der Waals surface area contributed by atoms with Crippen LogP contribution in [0.15, 0.2) is 6.33 Å². The summed E-state index contributed by atoms with van der Waals surface area (Å²) in [5.41, 5.74) is 0.343. The maximum atomic E-state index is 9.61. The first-order valence-electron chi connectivity index (χ1n) is 4.78. The van der Waals surface area contributed by atoms with E-state index < -0.39 is 5.60 Å². The molecule has 0 bridgehead atoms. The highest BCUT2D eigenvalue weighted by Crippen LogP contribution is 2.19. The zero-order valence-corrected chi connectivity index (χ0v) is 9.71. The van der Waals surface area contributed by atoms with Gasteiger partial charge in [0.05, 0.1) is 11.9 Å². The van der Waals surface area contributed by atoms with Crippen LogP contribution in [0.4, 0.5) is 5.82 Å². The minimum absolute atomic E-state index is 0.123. The molecular weight excluding hydrogens is 230 g/mol. The van der Waals surface area contributed by atoms with Gasteiger partial charge in [0.15, 0.2) is 11.5 Å². The number of anilines is 1. The quantitative estimate of drug-likeness (QED) is 0.703. The molecule has 0 amide bonds. The van der Waals surface area contributed by atoms with E-state index >= 15 is 0 Å². The minimum Gasteiger partial charge on any atom is -0.389 e. The van der Waals surface area contributed by atoms with Gasteiger partial charge in [-0.05, 0) is 25.4 Å². The molecule has 3 N–H and O–H groups in total. The molecule has 2 heterocycles. The number of aliphatic hydroxyl groups is 1. The van der Waals surface area contributed by atoms with Crippen molar-refractivity contribution in [2.24, 2.45) is 0 Å². The summed E-state index contributed by atoms with van der Waals surface area (Å²) in [6, 6.07) is 0. The van der Waals surface area contributed by atoms with Crippen LogP contribution >= 0.6 is 11.6 Å². The van der Waals surface area contributed by atoms with E-state index in [-0.39, 0.29) is 5.28 Å². The third-order valence-electron chi connectivity index (χ3n) is 1.95. The van der Waals surface area contributed by atoms with Crippen LogP contribution in [-0.4, -0.2) is 37.2 Å². The molecular formula is C9H12ClN5O. The number of imidazole rings is 1. The lowest BCUT2D eigenvalue weighted by atomic mass is 10.1. The van der Waals surface area contributed by atoms with Gasteiger partial charge >= 0.3 is 0 Å². The molecule has 0 aromatic carbocycles. The van der Waals surface area contributed by atoms with Crippen LogP contribution in [-0.2, 0) is 0 Å². The Morgan fingerprint density at radius 3 is 2.94 bits per heavy atom. The molecule has 0 spiro atoms. The molecule has 0 aliphatic heterocycles. The van der Waals surface area contributed by atoms with E-state index in [1.807, 2.05) is 0 Å². The molecule has 2 aromatic heterocycles. The Hall–Kier alpha value is -1.40. The fraction of sp³-hybridized carbons (Fsp3) is 0.444. The van der Waals surface area contributed by atoms with E-state index in [0.717, 1.165) is 0 Å². The summed E-state index contributed by atoms with van der Waals surface area (Å²) in [5.74, 6) is 0.537.